The molecule has 0 saturated heterocycles. The Morgan fingerprint density at radius 2 is 1.12 bits per heavy atom. The third-order valence-corrected chi connectivity index (χ3v) is 7.41. The van der Waals surface area contributed by atoms with E-state index in [1.54, 1.807) is 0 Å². The maximum Gasteiger partial charge on any atom is 0.469 e. The molecular weight excluding hydrogens is 567 g/mol. The molecule has 0 aliphatic heterocycles. The zero-order valence-electron chi connectivity index (χ0n) is 27.1. The molecule has 0 fully saturated rings. The third kappa shape index (κ3) is 33.0. The van der Waals surface area contributed by atoms with E-state index in [2.05, 4.69) is 54.8 Å². The van der Waals surface area contributed by atoms with Crippen LogP contribution in [0.1, 0.15) is 149 Å². The first-order valence-electron chi connectivity index (χ1n) is 16.8. The Morgan fingerprint density at radius 1 is 0.628 bits per heavy atom. The minimum absolute atomic E-state index is 0.178. The Balaban J connectivity index is 4.07. The van der Waals surface area contributed by atoms with E-state index in [1.807, 2.05) is 0 Å². The van der Waals surface area contributed by atoms with Crippen LogP contribution in [0.5, 0.6) is 0 Å². The van der Waals surface area contributed by atoms with Crippen LogP contribution in [-0.2, 0) is 28.2 Å². The Kier molecular flexibility index (Phi) is 29.1. The molecule has 0 aromatic rings. The summed E-state index contributed by atoms with van der Waals surface area (Å²) in [6.45, 7) is 3.51. The molecule has 250 valence electrons. The molecule has 0 radical (unpaired) electrons. The Labute approximate surface area is 262 Å². The number of carbonyl (C=O) groups is 2. The molecular formula is C34H61O8P. The van der Waals surface area contributed by atoms with E-state index in [0.717, 1.165) is 57.8 Å². The summed E-state index contributed by atoms with van der Waals surface area (Å²) in [6, 6.07) is 0. The molecule has 8 nitrogen and oxygen atoms in total. The fourth-order valence-electron chi connectivity index (χ4n) is 4.44. The number of rotatable bonds is 30. The van der Waals surface area contributed by atoms with Crippen molar-refractivity contribution in [2.24, 2.45) is 0 Å². The number of hydrogen-bond donors (Lipinski definition) is 2. The van der Waals surface area contributed by atoms with E-state index in [4.69, 9.17) is 19.3 Å². The second-order valence-electron chi connectivity index (χ2n) is 11.1. The predicted octanol–water partition coefficient (Wildman–Crippen LogP) is 9.45. The first-order chi connectivity index (χ1) is 20.8. The Bertz CT molecular complexity index is 802. The van der Waals surface area contributed by atoms with E-state index >= 15 is 0 Å². The standard InChI is InChI=1S/C34H61O8P/c1-3-5-7-9-11-13-15-17-19-21-23-25-27-29-34(36)42-32(31-41-43(37,38)39)30-40-33(35)28-26-24-22-20-18-16-14-12-10-8-6-4-2/h5,7,11,13,17,19,32H,3-4,6,8-10,12,14-16,18,20-31H2,1-2H3,(H2,37,38,39)/b7-5-,13-11-,19-17-. The van der Waals surface area contributed by atoms with Crippen molar-refractivity contribution in [3.05, 3.63) is 36.5 Å². The van der Waals surface area contributed by atoms with Crippen molar-refractivity contribution >= 4 is 19.8 Å². The van der Waals surface area contributed by atoms with Crippen molar-refractivity contribution in [2.75, 3.05) is 13.2 Å². The fourth-order valence-corrected chi connectivity index (χ4v) is 4.80. The highest BCUT2D eigenvalue weighted by molar-refractivity contribution is 7.46. The van der Waals surface area contributed by atoms with Crippen LogP contribution in [0.3, 0.4) is 0 Å². The summed E-state index contributed by atoms with van der Waals surface area (Å²) in [7, 11) is -4.75. The molecule has 0 aromatic carbocycles. The van der Waals surface area contributed by atoms with Crippen molar-refractivity contribution < 1.29 is 37.9 Å². The second kappa shape index (κ2) is 30.3. The van der Waals surface area contributed by atoms with Gasteiger partial charge in [0.25, 0.3) is 0 Å². The molecule has 2 N–H and O–H groups in total. The Morgan fingerprint density at radius 3 is 1.67 bits per heavy atom. The van der Waals surface area contributed by atoms with Crippen LogP contribution in [0.25, 0.3) is 0 Å². The number of allylic oxidation sites excluding steroid dienone is 6. The molecule has 0 heterocycles. The van der Waals surface area contributed by atoms with Crippen molar-refractivity contribution in [3.63, 3.8) is 0 Å². The molecule has 0 saturated carbocycles. The number of carbonyl (C=O) groups excluding carboxylic acids is 2. The SMILES string of the molecule is CC/C=C\C/C=C\C/C=C\CCCCCC(=O)OC(COC(=O)CCCCCCCCCCCCCC)COP(=O)(O)O. The number of unbranched alkanes of at least 4 members (excludes halogenated alkanes) is 14. The summed E-state index contributed by atoms with van der Waals surface area (Å²) < 4.78 is 26.2. The van der Waals surface area contributed by atoms with Gasteiger partial charge in [-0.1, -0.05) is 127 Å². The third-order valence-electron chi connectivity index (χ3n) is 6.92. The highest BCUT2D eigenvalue weighted by atomic mass is 31.2. The van der Waals surface area contributed by atoms with Gasteiger partial charge in [0.1, 0.15) is 6.61 Å². The molecule has 0 amide bonds. The lowest BCUT2D eigenvalue weighted by Gasteiger charge is -2.18. The molecule has 1 unspecified atom stereocenters. The monoisotopic (exact) mass is 628 g/mol. The first kappa shape index (κ1) is 41.3. The van der Waals surface area contributed by atoms with E-state index in [1.165, 1.54) is 57.8 Å². The number of phosphoric ester groups is 1. The average Bonchev–Trinajstić information content (AvgIpc) is 2.97. The minimum Gasteiger partial charge on any atom is -0.462 e. The van der Waals surface area contributed by atoms with Gasteiger partial charge in [-0.3, -0.25) is 14.1 Å². The fraction of sp³-hybridized carbons (Fsp3) is 0.765. The number of esters is 2. The maximum atomic E-state index is 12.3. The summed E-state index contributed by atoms with van der Waals surface area (Å²) in [5.41, 5.74) is 0. The molecule has 0 bridgehead atoms. The quantitative estimate of drug-likeness (QED) is 0.0349. The normalized spacial score (nSPS) is 12.9. The predicted molar refractivity (Wildman–Crippen MR) is 175 cm³/mol. The van der Waals surface area contributed by atoms with Crippen LogP contribution in [0.2, 0.25) is 0 Å². The summed E-state index contributed by atoms with van der Waals surface area (Å²) in [5, 5.41) is 0. The number of hydrogen-bond acceptors (Lipinski definition) is 6. The van der Waals surface area contributed by atoms with Crippen molar-refractivity contribution in [1.82, 2.24) is 0 Å². The molecule has 1 atom stereocenters. The lowest BCUT2D eigenvalue weighted by molar-refractivity contribution is -0.161. The van der Waals surface area contributed by atoms with Gasteiger partial charge in [0, 0.05) is 12.8 Å². The van der Waals surface area contributed by atoms with Crippen LogP contribution in [0, 0.1) is 0 Å². The molecule has 9 heteroatoms. The van der Waals surface area contributed by atoms with Gasteiger partial charge in [-0.05, 0) is 44.9 Å². The van der Waals surface area contributed by atoms with Crippen molar-refractivity contribution in [3.8, 4) is 0 Å². The van der Waals surface area contributed by atoms with Gasteiger partial charge in [0.05, 0.1) is 6.61 Å². The van der Waals surface area contributed by atoms with E-state index in [-0.39, 0.29) is 19.4 Å². The van der Waals surface area contributed by atoms with Crippen molar-refractivity contribution in [1.29, 1.82) is 0 Å². The highest BCUT2D eigenvalue weighted by Crippen LogP contribution is 2.35. The number of ether oxygens (including phenoxy) is 2. The van der Waals surface area contributed by atoms with Gasteiger partial charge in [0.2, 0.25) is 0 Å². The smallest absolute Gasteiger partial charge is 0.462 e. The Hall–Kier alpha value is -1.73. The molecule has 0 rings (SSSR count). The lowest BCUT2D eigenvalue weighted by atomic mass is 10.0. The highest BCUT2D eigenvalue weighted by Gasteiger charge is 2.22. The van der Waals surface area contributed by atoms with Crippen LogP contribution in [0.15, 0.2) is 36.5 Å². The molecule has 0 aromatic heterocycles. The summed E-state index contributed by atoms with van der Waals surface area (Å²) in [4.78, 5) is 42.5. The van der Waals surface area contributed by atoms with Crippen LogP contribution in [-0.4, -0.2) is 41.0 Å². The summed E-state index contributed by atoms with van der Waals surface area (Å²) in [5.74, 6) is -0.921. The lowest BCUT2D eigenvalue weighted by Crippen LogP contribution is -2.29. The molecule has 0 aliphatic carbocycles. The van der Waals surface area contributed by atoms with Crippen LogP contribution < -0.4 is 0 Å². The van der Waals surface area contributed by atoms with E-state index in [0.29, 0.717) is 6.42 Å². The molecule has 0 spiro atoms. The van der Waals surface area contributed by atoms with Gasteiger partial charge in [-0.25, -0.2) is 4.57 Å². The van der Waals surface area contributed by atoms with Gasteiger partial charge < -0.3 is 19.3 Å². The van der Waals surface area contributed by atoms with Gasteiger partial charge >= 0.3 is 19.8 Å². The van der Waals surface area contributed by atoms with E-state index < -0.39 is 32.5 Å². The maximum absolute atomic E-state index is 12.3. The average molecular weight is 629 g/mol. The summed E-state index contributed by atoms with van der Waals surface area (Å²) in [6.07, 6.45) is 33.0. The minimum atomic E-state index is -4.75. The zero-order valence-corrected chi connectivity index (χ0v) is 28.0. The summed E-state index contributed by atoms with van der Waals surface area (Å²) >= 11 is 0. The van der Waals surface area contributed by atoms with Crippen LogP contribution in [0.4, 0.5) is 0 Å². The second-order valence-corrected chi connectivity index (χ2v) is 12.4. The van der Waals surface area contributed by atoms with Crippen LogP contribution >= 0.6 is 7.82 Å². The van der Waals surface area contributed by atoms with Crippen molar-refractivity contribution in [2.45, 2.75) is 155 Å². The van der Waals surface area contributed by atoms with Gasteiger partial charge in [-0.2, -0.15) is 0 Å². The largest absolute Gasteiger partial charge is 0.469 e. The molecule has 43 heavy (non-hydrogen) atoms. The topological polar surface area (TPSA) is 119 Å². The molecule has 0 aliphatic rings. The van der Waals surface area contributed by atoms with E-state index in [9.17, 15) is 14.2 Å². The van der Waals surface area contributed by atoms with Gasteiger partial charge in [0.15, 0.2) is 6.10 Å². The first-order valence-corrected chi connectivity index (χ1v) is 18.3. The van der Waals surface area contributed by atoms with Gasteiger partial charge in [-0.15, -0.1) is 0 Å². The number of phosphoric acid groups is 1. The zero-order chi connectivity index (χ0) is 31.9.